The molecule has 2 heterocycles. The van der Waals surface area contributed by atoms with Gasteiger partial charge in [0.15, 0.2) is 0 Å². The number of carbonyl (C=O) groups is 1. The van der Waals surface area contributed by atoms with Gasteiger partial charge in [-0.1, -0.05) is 0 Å². The fraction of sp³-hybridized carbons (Fsp3) is 0.375. The standard InChI is InChI=1S/C16H19N3OS/c1-12(20)19-9-6-15(7-10-19)18-14-4-2-13(3-5-14)16-17-8-11-21-16/h2-5,8,11,15,18H,6-7,9-10H2,1H3. The number of nitrogens with zero attached hydrogens (tertiary/aromatic N) is 2. The number of piperidine rings is 1. The molecule has 21 heavy (non-hydrogen) atoms. The number of anilines is 1. The van der Waals surface area contributed by atoms with Crippen LogP contribution in [0.1, 0.15) is 19.8 Å². The number of thiazole rings is 1. The van der Waals surface area contributed by atoms with Gasteiger partial charge in [0.2, 0.25) is 5.91 Å². The Morgan fingerprint density at radius 3 is 2.57 bits per heavy atom. The number of likely N-dealkylation sites (tertiary alicyclic amines) is 1. The predicted octanol–water partition coefficient (Wildman–Crippen LogP) is 3.23. The minimum absolute atomic E-state index is 0.182. The summed E-state index contributed by atoms with van der Waals surface area (Å²) in [6.07, 6.45) is 3.84. The van der Waals surface area contributed by atoms with Crippen LogP contribution in [-0.4, -0.2) is 34.9 Å². The average molecular weight is 301 g/mol. The molecule has 1 aliphatic heterocycles. The van der Waals surface area contributed by atoms with E-state index < -0.39 is 0 Å². The average Bonchev–Trinajstić information content (AvgIpc) is 3.03. The van der Waals surface area contributed by atoms with Gasteiger partial charge >= 0.3 is 0 Å². The first-order valence-electron chi connectivity index (χ1n) is 7.24. The predicted molar refractivity (Wildman–Crippen MR) is 86.4 cm³/mol. The molecule has 1 N–H and O–H groups in total. The molecule has 3 rings (SSSR count). The molecule has 2 aromatic rings. The first-order valence-corrected chi connectivity index (χ1v) is 8.12. The molecule has 0 bridgehead atoms. The Kier molecular flexibility index (Phi) is 4.20. The zero-order valence-electron chi connectivity index (χ0n) is 12.1. The molecule has 0 saturated carbocycles. The van der Waals surface area contributed by atoms with Crippen LogP contribution < -0.4 is 5.32 Å². The summed E-state index contributed by atoms with van der Waals surface area (Å²) in [6, 6.07) is 8.87. The van der Waals surface area contributed by atoms with E-state index in [0.29, 0.717) is 6.04 Å². The van der Waals surface area contributed by atoms with Gasteiger partial charge in [0.05, 0.1) is 0 Å². The van der Waals surface area contributed by atoms with Crippen molar-refractivity contribution in [1.29, 1.82) is 0 Å². The van der Waals surface area contributed by atoms with Gasteiger partial charge in [-0.15, -0.1) is 11.3 Å². The number of amides is 1. The molecule has 0 spiro atoms. The van der Waals surface area contributed by atoms with Gasteiger partial charge in [-0.2, -0.15) is 0 Å². The van der Waals surface area contributed by atoms with E-state index in [1.165, 1.54) is 0 Å². The SMILES string of the molecule is CC(=O)N1CCC(Nc2ccc(-c3nccs3)cc2)CC1. The fourth-order valence-electron chi connectivity index (χ4n) is 2.65. The summed E-state index contributed by atoms with van der Waals surface area (Å²) in [5, 5.41) is 6.60. The second kappa shape index (κ2) is 6.26. The van der Waals surface area contributed by atoms with Crippen molar-refractivity contribution >= 4 is 22.9 Å². The molecule has 0 radical (unpaired) electrons. The molecule has 1 fully saturated rings. The van der Waals surface area contributed by atoms with Crippen molar-refractivity contribution in [3.8, 4) is 10.6 Å². The van der Waals surface area contributed by atoms with Crippen LogP contribution in [0.4, 0.5) is 5.69 Å². The highest BCUT2D eigenvalue weighted by atomic mass is 32.1. The smallest absolute Gasteiger partial charge is 0.219 e. The topological polar surface area (TPSA) is 45.2 Å². The van der Waals surface area contributed by atoms with Gasteiger partial charge in [0, 0.05) is 48.9 Å². The van der Waals surface area contributed by atoms with Crippen molar-refractivity contribution in [2.75, 3.05) is 18.4 Å². The first-order chi connectivity index (χ1) is 10.2. The second-order valence-electron chi connectivity index (χ2n) is 5.34. The van der Waals surface area contributed by atoms with Crippen LogP contribution in [0.5, 0.6) is 0 Å². The molecule has 1 amide bonds. The third kappa shape index (κ3) is 3.42. The van der Waals surface area contributed by atoms with Gasteiger partial charge in [-0.25, -0.2) is 4.98 Å². The molecular weight excluding hydrogens is 282 g/mol. The van der Waals surface area contributed by atoms with Gasteiger partial charge in [-0.05, 0) is 37.1 Å². The Morgan fingerprint density at radius 1 is 1.29 bits per heavy atom. The fourth-order valence-corrected chi connectivity index (χ4v) is 3.29. The molecule has 1 saturated heterocycles. The molecule has 110 valence electrons. The van der Waals surface area contributed by atoms with Crippen LogP contribution in [0.2, 0.25) is 0 Å². The highest BCUT2D eigenvalue weighted by molar-refractivity contribution is 7.13. The largest absolute Gasteiger partial charge is 0.382 e. The Hall–Kier alpha value is -1.88. The summed E-state index contributed by atoms with van der Waals surface area (Å²) in [7, 11) is 0. The minimum Gasteiger partial charge on any atom is -0.382 e. The van der Waals surface area contributed by atoms with Crippen molar-refractivity contribution in [1.82, 2.24) is 9.88 Å². The highest BCUT2D eigenvalue weighted by Gasteiger charge is 2.20. The van der Waals surface area contributed by atoms with Crippen molar-refractivity contribution in [3.05, 3.63) is 35.8 Å². The van der Waals surface area contributed by atoms with E-state index in [9.17, 15) is 4.79 Å². The molecule has 4 nitrogen and oxygen atoms in total. The summed E-state index contributed by atoms with van der Waals surface area (Å²) in [5.41, 5.74) is 2.29. The van der Waals surface area contributed by atoms with Crippen molar-refractivity contribution < 1.29 is 4.79 Å². The molecular formula is C16H19N3OS. The summed E-state index contributed by atoms with van der Waals surface area (Å²) >= 11 is 1.65. The van der Waals surface area contributed by atoms with Crippen LogP contribution in [0, 0.1) is 0 Å². The van der Waals surface area contributed by atoms with E-state index in [1.54, 1.807) is 18.3 Å². The molecule has 0 aliphatic carbocycles. The van der Waals surface area contributed by atoms with Crippen LogP contribution >= 0.6 is 11.3 Å². The van der Waals surface area contributed by atoms with E-state index in [1.807, 2.05) is 16.5 Å². The van der Waals surface area contributed by atoms with Crippen LogP contribution in [0.25, 0.3) is 10.6 Å². The van der Waals surface area contributed by atoms with Crippen LogP contribution in [0.3, 0.4) is 0 Å². The number of nitrogens with one attached hydrogen (secondary N) is 1. The monoisotopic (exact) mass is 301 g/mol. The van der Waals surface area contributed by atoms with Crippen LogP contribution in [0.15, 0.2) is 35.8 Å². The Labute approximate surface area is 128 Å². The van der Waals surface area contributed by atoms with Gasteiger partial charge in [0.1, 0.15) is 5.01 Å². The van der Waals surface area contributed by atoms with E-state index in [-0.39, 0.29) is 5.91 Å². The van der Waals surface area contributed by atoms with Crippen molar-refractivity contribution in [3.63, 3.8) is 0 Å². The minimum atomic E-state index is 0.182. The zero-order valence-corrected chi connectivity index (χ0v) is 12.9. The highest BCUT2D eigenvalue weighted by Crippen LogP contribution is 2.24. The summed E-state index contributed by atoms with van der Waals surface area (Å²) in [4.78, 5) is 17.6. The van der Waals surface area contributed by atoms with Gasteiger partial charge in [0.25, 0.3) is 0 Å². The Balaban J connectivity index is 1.58. The summed E-state index contributed by atoms with van der Waals surface area (Å²) in [5.74, 6) is 0.182. The van der Waals surface area contributed by atoms with Crippen LogP contribution in [-0.2, 0) is 4.79 Å². The third-order valence-corrected chi connectivity index (χ3v) is 4.70. The quantitative estimate of drug-likeness (QED) is 0.946. The Bertz CT molecular complexity index is 586. The second-order valence-corrected chi connectivity index (χ2v) is 6.23. The van der Waals surface area contributed by atoms with Gasteiger partial charge in [-0.3, -0.25) is 4.79 Å². The van der Waals surface area contributed by atoms with E-state index in [0.717, 1.165) is 42.2 Å². The molecule has 1 aliphatic rings. The number of benzene rings is 1. The number of hydrogen-bond donors (Lipinski definition) is 1. The number of rotatable bonds is 3. The summed E-state index contributed by atoms with van der Waals surface area (Å²) < 4.78 is 0. The van der Waals surface area contributed by atoms with E-state index in [2.05, 4.69) is 34.6 Å². The molecule has 1 aromatic heterocycles. The number of aromatic nitrogens is 1. The third-order valence-electron chi connectivity index (χ3n) is 3.88. The first kappa shape index (κ1) is 14.1. The van der Waals surface area contributed by atoms with Crippen molar-refractivity contribution in [2.24, 2.45) is 0 Å². The maximum atomic E-state index is 11.3. The summed E-state index contributed by atoms with van der Waals surface area (Å²) in [6.45, 7) is 3.35. The maximum Gasteiger partial charge on any atom is 0.219 e. The molecule has 1 aromatic carbocycles. The lowest BCUT2D eigenvalue weighted by Gasteiger charge is -2.32. The molecule has 0 unspecified atom stereocenters. The molecule has 0 atom stereocenters. The molecule has 5 heteroatoms. The normalized spacial score (nSPS) is 16.0. The van der Waals surface area contributed by atoms with Crippen molar-refractivity contribution in [2.45, 2.75) is 25.8 Å². The number of carbonyl (C=O) groups excluding carboxylic acids is 1. The maximum absolute atomic E-state index is 11.3. The lowest BCUT2D eigenvalue weighted by Crippen LogP contribution is -2.41. The Morgan fingerprint density at radius 2 is 2.00 bits per heavy atom. The van der Waals surface area contributed by atoms with E-state index >= 15 is 0 Å². The lowest BCUT2D eigenvalue weighted by atomic mass is 10.0. The number of hydrogen-bond acceptors (Lipinski definition) is 4. The lowest BCUT2D eigenvalue weighted by molar-refractivity contribution is -0.129. The van der Waals surface area contributed by atoms with E-state index in [4.69, 9.17) is 0 Å². The van der Waals surface area contributed by atoms with Gasteiger partial charge < -0.3 is 10.2 Å². The zero-order chi connectivity index (χ0) is 14.7.